The second-order valence-electron chi connectivity index (χ2n) is 7.50. The molecule has 2 atom stereocenters. The topological polar surface area (TPSA) is 75.7 Å². The zero-order valence-electron chi connectivity index (χ0n) is 18.1. The third-order valence-corrected chi connectivity index (χ3v) is 6.14. The van der Waals surface area contributed by atoms with Crippen molar-refractivity contribution in [3.8, 4) is 5.75 Å². The number of nitrogens with zero attached hydrogens (tertiary/aromatic N) is 1. The molecule has 0 bridgehead atoms. The summed E-state index contributed by atoms with van der Waals surface area (Å²) >= 11 is 0. The van der Waals surface area contributed by atoms with Gasteiger partial charge in [0.1, 0.15) is 11.8 Å². The first kappa shape index (κ1) is 22.7. The SMILES string of the molecule is COc1ccc(C)cc1N([C@H](C)C(=O)N[C@@H](C)c1ccc(C)cc1C)S(C)(=O)=O. The second-order valence-corrected chi connectivity index (χ2v) is 9.36. The van der Waals surface area contributed by atoms with Gasteiger partial charge in [0, 0.05) is 0 Å². The van der Waals surface area contributed by atoms with Crippen LogP contribution < -0.4 is 14.4 Å². The molecule has 0 heterocycles. The summed E-state index contributed by atoms with van der Waals surface area (Å²) in [5.41, 5.74) is 4.43. The summed E-state index contributed by atoms with van der Waals surface area (Å²) in [6, 6.07) is 10.1. The van der Waals surface area contributed by atoms with E-state index in [1.807, 2.05) is 45.9 Å². The highest BCUT2D eigenvalue weighted by atomic mass is 32.2. The van der Waals surface area contributed by atoms with E-state index in [4.69, 9.17) is 4.74 Å². The van der Waals surface area contributed by atoms with Gasteiger partial charge in [0.2, 0.25) is 15.9 Å². The molecule has 0 radical (unpaired) electrons. The van der Waals surface area contributed by atoms with Gasteiger partial charge in [-0.25, -0.2) is 8.42 Å². The van der Waals surface area contributed by atoms with E-state index in [9.17, 15) is 13.2 Å². The molecule has 0 aliphatic heterocycles. The number of nitrogens with one attached hydrogen (secondary N) is 1. The molecule has 0 aliphatic rings. The summed E-state index contributed by atoms with van der Waals surface area (Å²) in [4.78, 5) is 13.0. The highest BCUT2D eigenvalue weighted by Crippen LogP contribution is 2.33. The Kier molecular flexibility index (Phi) is 6.95. The maximum Gasteiger partial charge on any atom is 0.244 e. The highest BCUT2D eigenvalue weighted by Gasteiger charge is 2.32. The molecule has 2 aromatic rings. The van der Waals surface area contributed by atoms with E-state index in [0.29, 0.717) is 11.4 Å². The number of carbonyl (C=O) groups is 1. The monoisotopic (exact) mass is 418 g/mol. The smallest absolute Gasteiger partial charge is 0.244 e. The molecule has 0 fully saturated rings. The number of carbonyl (C=O) groups excluding carboxylic acids is 1. The molecule has 0 saturated heterocycles. The van der Waals surface area contributed by atoms with Crippen LogP contribution in [0.2, 0.25) is 0 Å². The minimum Gasteiger partial charge on any atom is -0.495 e. The van der Waals surface area contributed by atoms with Crippen molar-refractivity contribution in [3.05, 3.63) is 58.7 Å². The molecule has 2 aromatic carbocycles. The van der Waals surface area contributed by atoms with E-state index in [0.717, 1.165) is 32.8 Å². The molecule has 1 N–H and O–H groups in total. The van der Waals surface area contributed by atoms with Gasteiger partial charge in [0.05, 0.1) is 25.1 Å². The number of aryl methyl sites for hydroxylation is 3. The Morgan fingerprint density at radius 2 is 1.62 bits per heavy atom. The van der Waals surface area contributed by atoms with Crippen molar-refractivity contribution in [2.24, 2.45) is 0 Å². The number of hydrogen-bond acceptors (Lipinski definition) is 4. The van der Waals surface area contributed by atoms with Crippen LogP contribution in [0.15, 0.2) is 36.4 Å². The Hall–Kier alpha value is -2.54. The van der Waals surface area contributed by atoms with Gasteiger partial charge >= 0.3 is 0 Å². The van der Waals surface area contributed by atoms with Gasteiger partial charge in [-0.3, -0.25) is 9.10 Å². The molecule has 29 heavy (non-hydrogen) atoms. The average molecular weight is 419 g/mol. The number of amides is 1. The number of anilines is 1. The summed E-state index contributed by atoms with van der Waals surface area (Å²) in [6.07, 6.45) is 1.09. The Morgan fingerprint density at radius 1 is 1.03 bits per heavy atom. The fourth-order valence-corrected chi connectivity index (χ4v) is 4.65. The lowest BCUT2D eigenvalue weighted by molar-refractivity contribution is -0.122. The normalized spacial score (nSPS) is 13.5. The first-order valence-electron chi connectivity index (χ1n) is 9.47. The van der Waals surface area contributed by atoms with Crippen molar-refractivity contribution in [1.82, 2.24) is 5.32 Å². The number of hydrogen-bond donors (Lipinski definition) is 1. The van der Waals surface area contributed by atoms with Crippen LogP contribution in [-0.4, -0.2) is 33.7 Å². The Morgan fingerprint density at radius 3 is 2.17 bits per heavy atom. The minimum absolute atomic E-state index is 0.258. The molecule has 7 heteroatoms. The number of methoxy groups -OCH3 is 1. The molecule has 0 aliphatic carbocycles. The predicted octanol–water partition coefficient (Wildman–Crippen LogP) is 3.65. The number of sulfonamides is 1. The third-order valence-electron chi connectivity index (χ3n) is 4.91. The molecule has 0 aromatic heterocycles. The van der Waals surface area contributed by atoms with Crippen molar-refractivity contribution in [3.63, 3.8) is 0 Å². The average Bonchev–Trinajstić information content (AvgIpc) is 2.60. The molecule has 0 unspecified atom stereocenters. The van der Waals surface area contributed by atoms with Crippen molar-refractivity contribution >= 4 is 21.6 Å². The van der Waals surface area contributed by atoms with Gasteiger partial charge in [-0.2, -0.15) is 0 Å². The maximum atomic E-state index is 13.0. The van der Waals surface area contributed by atoms with Crippen LogP contribution >= 0.6 is 0 Å². The van der Waals surface area contributed by atoms with Crippen LogP contribution in [0.25, 0.3) is 0 Å². The van der Waals surface area contributed by atoms with Gasteiger partial charge in [0.25, 0.3) is 0 Å². The summed E-state index contributed by atoms with van der Waals surface area (Å²) < 4.78 is 31.6. The van der Waals surface area contributed by atoms with Crippen LogP contribution in [-0.2, 0) is 14.8 Å². The van der Waals surface area contributed by atoms with Crippen LogP contribution in [0.1, 0.15) is 42.1 Å². The molecule has 1 amide bonds. The Bertz CT molecular complexity index is 1000. The van der Waals surface area contributed by atoms with E-state index in [1.165, 1.54) is 7.11 Å². The van der Waals surface area contributed by atoms with Gasteiger partial charge in [0.15, 0.2) is 0 Å². The zero-order valence-corrected chi connectivity index (χ0v) is 18.9. The van der Waals surface area contributed by atoms with E-state index in [1.54, 1.807) is 19.1 Å². The van der Waals surface area contributed by atoms with E-state index in [-0.39, 0.29) is 11.9 Å². The van der Waals surface area contributed by atoms with Crippen molar-refractivity contribution in [2.75, 3.05) is 17.7 Å². The lowest BCUT2D eigenvalue weighted by Crippen LogP contribution is -2.48. The highest BCUT2D eigenvalue weighted by molar-refractivity contribution is 7.92. The predicted molar refractivity (Wildman–Crippen MR) is 117 cm³/mol. The number of ether oxygens (including phenoxy) is 1. The van der Waals surface area contributed by atoms with Gasteiger partial charge in [-0.1, -0.05) is 29.8 Å². The summed E-state index contributed by atoms with van der Waals surface area (Å²) in [6.45, 7) is 9.33. The van der Waals surface area contributed by atoms with Crippen molar-refractivity contribution < 1.29 is 17.9 Å². The number of benzene rings is 2. The lowest BCUT2D eigenvalue weighted by atomic mass is 10.00. The van der Waals surface area contributed by atoms with Crippen LogP contribution in [0.4, 0.5) is 5.69 Å². The fraction of sp³-hybridized carbons (Fsp3) is 0.409. The molecule has 2 rings (SSSR count). The van der Waals surface area contributed by atoms with E-state index < -0.39 is 16.1 Å². The van der Waals surface area contributed by atoms with E-state index >= 15 is 0 Å². The third kappa shape index (κ3) is 5.29. The van der Waals surface area contributed by atoms with Crippen LogP contribution in [0.3, 0.4) is 0 Å². The summed E-state index contributed by atoms with van der Waals surface area (Å²) in [7, 11) is -2.26. The largest absolute Gasteiger partial charge is 0.495 e. The molecule has 6 nitrogen and oxygen atoms in total. The minimum atomic E-state index is -3.73. The van der Waals surface area contributed by atoms with Crippen LogP contribution in [0.5, 0.6) is 5.75 Å². The standard InChI is InChI=1S/C22H30N2O4S/c1-14-8-10-19(16(3)12-14)17(4)23-22(25)18(5)24(29(7,26)27)20-13-15(2)9-11-21(20)28-6/h8-13,17-18H,1-7H3,(H,23,25)/t17-,18+/m0/s1. The van der Waals surface area contributed by atoms with Crippen molar-refractivity contribution in [1.29, 1.82) is 0 Å². The molecule has 158 valence electrons. The molecule has 0 spiro atoms. The van der Waals surface area contributed by atoms with Gasteiger partial charge in [-0.15, -0.1) is 0 Å². The maximum absolute atomic E-state index is 13.0. The Balaban J connectivity index is 2.36. The van der Waals surface area contributed by atoms with Gasteiger partial charge in [-0.05, 0) is 63.4 Å². The molecule has 0 saturated carbocycles. The summed E-state index contributed by atoms with van der Waals surface area (Å²) in [5.74, 6) is 0.00885. The van der Waals surface area contributed by atoms with Gasteiger partial charge < -0.3 is 10.1 Å². The van der Waals surface area contributed by atoms with Crippen molar-refractivity contribution in [2.45, 2.75) is 46.7 Å². The Labute approximate surface area is 173 Å². The van der Waals surface area contributed by atoms with Crippen LogP contribution in [0, 0.1) is 20.8 Å². The zero-order chi connectivity index (χ0) is 21.9. The first-order chi connectivity index (χ1) is 13.5. The molecular formula is C22H30N2O4S. The fourth-order valence-electron chi connectivity index (χ4n) is 3.48. The molecular weight excluding hydrogens is 388 g/mol. The second kappa shape index (κ2) is 8.86. The lowest BCUT2D eigenvalue weighted by Gasteiger charge is -2.30. The number of rotatable bonds is 7. The quantitative estimate of drug-likeness (QED) is 0.745. The first-order valence-corrected chi connectivity index (χ1v) is 11.3. The summed E-state index contributed by atoms with van der Waals surface area (Å²) in [5, 5.41) is 2.94. The van der Waals surface area contributed by atoms with E-state index in [2.05, 4.69) is 11.4 Å².